The summed E-state index contributed by atoms with van der Waals surface area (Å²) in [5.41, 5.74) is 10.7. The van der Waals surface area contributed by atoms with Crippen LogP contribution in [0.4, 0.5) is 11.4 Å². The van der Waals surface area contributed by atoms with E-state index in [4.69, 9.17) is 9.47 Å². The molecule has 0 amide bonds. The fraction of sp³-hybridized carbons (Fsp3) is 0.400. The molecule has 240 valence electrons. The Hall–Kier alpha value is -4.00. The molecule has 2 fully saturated rings. The van der Waals surface area contributed by atoms with Crippen molar-refractivity contribution in [3.63, 3.8) is 0 Å². The first-order chi connectivity index (χ1) is 22.8. The van der Waals surface area contributed by atoms with Crippen molar-refractivity contribution in [1.29, 1.82) is 0 Å². The molecule has 0 unspecified atom stereocenters. The van der Waals surface area contributed by atoms with Crippen LogP contribution in [0.25, 0.3) is 22.3 Å². The Labute approximate surface area is 274 Å². The minimum atomic E-state index is 0.556. The standard InChI is InChI=1S/2C20H24N2O/c2*1-2-23-19-9-4-3-6-14(19)15-7-5-8-18-20(15)16-10-12-21-13-11-17(16)22-18/h2*3-9,16-17,21-22H,2,10-13H2,1H3/t2*16-,17+/m10/s1. The van der Waals surface area contributed by atoms with Crippen LogP contribution in [-0.2, 0) is 0 Å². The van der Waals surface area contributed by atoms with E-state index in [1.165, 1.54) is 70.4 Å². The van der Waals surface area contributed by atoms with Crippen molar-refractivity contribution in [1.82, 2.24) is 10.6 Å². The van der Waals surface area contributed by atoms with Crippen LogP contribution in [0, 0.1) is 0 Å². The van der Waals surface area contributed by atoms with Crippen LogP contribution in [0.15, 0.2) is 84.9 Å². The van der Waals surface area contributed by atoms with E-state index in [0.717, 1.165) is 37.7 Å². The molecule has 6 heteroatoms. The minimum Gasteiger partial charge on any atom is -0.493 e. The van der Waals surface area contributed by atoms with Crippen LogP contribution in [0.2, 0.25) is 0 Å². The maximum Gasteiger partial charge on any atom is 0.127 e. The molecule has 4 aromatic carbocycles. The Morgan fingerprint density at radius 1 is 0.500 bits per heavy atom. The zero-order valence-electron chi connectivity index (χ0n) is 27.3. The molecule has 4 aliphatic heterocycles. The van der Waals surface area contributed by atoms with Crippen LogP contribution in [0.1, 0.15) is 62.5 Å². The summed E-state index contributed by atoms with van der Waals surface area (Å²) in [6.07, 6.45) is 4.76. The summed E-state index contributed by atoms with van der Waals surface area (Å²) in [7, 11) is 0. The van der Waals surface area contributed by atoms with Crippen LogP contribution in [0.3, 0.4) is 0 Å². The highest BCUT2D eigenvalue weighted by Gasteiger charge is 2.36. The average molecular weight is 617 g/mol. The number of benzene rings is 4. The fourth-order valence-electron chi connectivity index (χ4n) is 8.11. The van der Waals surface area contributed by atoms with E-state index in [1.807, 2.05) is 26.0 Å². The first-order valence-corrected chi connectivity index (χ1v) is 17.4. The molecule has 0 saturated carbocycles. The summed E-state index contributed by atoms with van der Waals surface area (Å²) in [5.74, 6) is 3.15. The van der Waals surface area contributed by atoms with E-state index in [2.05, 4.69) is 94.1 Å². The summed E-state index contributed by atoms with van der Waals surface area (Å²) in [6.45, 7) is 9.88. The Morgan fingerprint density at radius 3 is 1.37 bits per heavy atom. The molecule has 46 heavy (non-hydrogen) atoms. The highest BCUT2D eigenvalue weighted by atomic mass is 16.5. The molecule has 4 aromatic rings. The molecule has 4 atom stereocenters. The second-order valence-electron chi connectivity index (χ2n) is 12.8. The second kappa shape index (κ2) is 14.2. The summed E-state index contributed by atoms with van der Waals surface area (Å²) in [6, 6.07) is 31.2. The van der Waals surface area contributed by atoms with Crippen molar-refractivity contribution in [2.45, 2.75) is 63.5 Å². The third-order valence-electron chi connectivity index (χ3n) is 10.1. The molecular formula is C40H48N4O2. The van der Waals surface area contributed by atoms with Gasteiger partial charge in [0.2, 0.25) is 0 Å². The van der Waals surface area contributed by atoms with E-state index in [-0.39, 0.29) is 0 Å². The lowest BCUT2D eigenvalue weighted by Crippen LogP contribution is -2.21. The van der Waals surface area contributed by atoms with Crippen molar-refractivity contribution < 1.29 is 9.47 Å². The molecule has 0 spiro atoms. The smallest absolute Gasteiger partial charge is 0.127 e. The zero-order chi connectivity index (χ0) is 31.3. The number of para-hydroxylation sites is 2. The van der Waals surface area contributed by atoms with E-state index in [1.54, 1.807) is 0 Å². The molecule has 0 radical (unpaired) electrons. The molecule has 6 nitrogen and oxygen atoms in total. The first kappa shape index (κ1) is 30.6. The predicted octanol–water partition coefficient (Wildman–Crippen LogP) is 8.03. The number of hydrogen-bond acceptors (Lipinski definition) is 6. The van der Waals surface area contributed by atoms with Gasteiger partial charge in [0.1, 0.15) is 11.5 Å². The van der Waals surface area contributed by atoms with Crippen LogP contribution >= 0.6 is 0 Å². The SMILES string of the molecule is CCOc1ccccc1-c1cccc2c1[C@@H]1CCNCC[C@@H]1N2.CCOc1ccccc1-c1cccc2c1[C@H]1CCNCC[C@H]1N2. The highest BCUT2D eigenvalue weighted by molar-refractivity contribution is 5.82. The zero-order valence-corrected chi connectivity index (χ0v) is 27.3. The van der Waals surface area contributed by atoms with Gasteiger partial charge in [-0.1, -0.05) is 60.7 Å². The Morgan fingerprint density at radius 2 is 0.913 bits per heavy atom. The van der Waals surface area contributed by atoms with E-state index < -0.39 is 0 Å². The summed E-state index contributed by atoms with van der Waals surface area (Å²) < 4.78 is 11.8. The molecule has 8 rings (SSSR count). The van der Waals surface area contributed by atoms with Crippen LogP contribution in [-0.4, -0.2) is 51.5 Å². The van der Waals surface area contributed by atoms with Gasteiger partial charge in [-0.25, -0.2) is 0 Å². The minimum absolute atomic E-state index is 0.556. The molecule has 0 aromatic heterocycles. The van der Waals surface area contributed by atoms with Crippen LogP contribution < -0.4 is 30.7 Å². The molecule has 4 aliphatic rings. The van der Waals surface area contributed by atoms with Crippen molar-refractivity contribution in [2.75, 3.05) is 50.0 Å². The Balaban J connectivity index is 0.000000147. The number of ether oxygens (including phenoxy) is 2. The monoisotopic (exact) mass is 616 g/mol. The highest BCUT2D eigenvalue weighted by Crippen LogP contribution is 2.48. The van der Waals surface area contributed by atoms with E-state index in [9.17, 15) is 0 Å². The Kier molecular flexibility index (Phi) is 9.45. The number of anilines is 2. The normalized spacial score (nSPS) is 22.7. The van der Waals surface area contributed by atoms with Gasteiger partial charge in [-0.3, -0.25) is 0 Å². The largest absolute Gasteiger partial charge is 0.493 e. The third-order valence-corrected chi connectivity index (χ3v) is 10.1. The molecule has 0 bridgehead atoms. The van der Waals surface area contributed by atoms with E-state index >= 15 is 0 Å². The van der Waals surface area contributed by atoms with Crippen molar-refractivity contribution in [3.8, 4) is 33.8 Å². The van der Waals surface area contributed by atoms with Crippen molar-refractivity contribution in [3.05, 3.63) is 96.1 Å². The quantitative estimate of drug-likeness (QED) is 0.176. The molecular weight excluding hydrogens is 568 g/mol. The van der Waals surface area contributed by atoms with Gasteiger partial charge in [-0.2, -0.15) is 0 Å². The lowest BCUT2D eigenvalue weighted by Gasteiger charge is -2.19. The summed E-state index contributed by atoms with van der Waals surface area (Å²) in [4.78, 5) is 0. The molecule has 4 heterocycles. The topological polar surface area (TPSA) is 66.6 Å². The maximum atomic E-state index is 5.88. The van der Waals surface area contributed by atoms with Gasteiger partial charge in [0.05, 0.1) is 13.2 Å². The Bertz CT molecular complexity index is 1520. The number of hydrogen-bond donors (Lipinski definition) is 4. The fourth-order valence-corrected chi connectivity index (χ4v) is 8.11. The number of nitrogens with one attached hydrogen (secondary N) is 4. The first-order valence-electron chi connectivity index (χ1n) is 17.4. The van der Waals surface area contributed by atoms with Gasteiger partial charge in [-0.15, -0.1) is 0 Å². The number of rotatable bonds is 6. The molecule has 0 aliphatic carbocycles. The van der Waals surface area contributed by atoms with Gasteiger partial charge < -0.3 is 30.7 Å². The lowest BCUT2D eigenvalue weighted by molar-refractivity contribution is 0.341. The predicted molar refractivity (Wildman–Crippen MR) is 191 cm³/mol. The molecule has 4 N–H and O–H groups in total. The van der Waals surface area contributed by atoms with E-state index in [0.29, 0.717) is 37.1 Å². The van der Waals surface area contributed by atoms with Gasteiger partial charge >= 0.3 is 0 Å². The van der Waals surface area contributed by atoms with Gasteiger partial charge in [0.25, 0.3) is 0 Å². The van der Waals surface area contributed by atoms with Crippen LogP contribution in [0.5, 0.6) is 11.5 Å². The van der Waals surface area contributed by atoms with Crippen molar-refractivity contribution in [2.24, 2.45) is 0 Å². The third kappa shape index (κ3) is 6.08. The summed E-state index contributed by atoms with van der Waals surface area (Å²) in [5, 5.41) is 14.6. The maximum absolute atomic E-state index is 5.88. The van der Waals surface area contributed by atoms with Crippen molar-refractivity contribution >= 4 is 11.4 Å². The average Bonchev–Trinajstić information content (AvgIpc) is 3.41. The lowest BCUT2D eigenvalue weighted by atomic mass is 9.85. The van der Waals surface area contributed by atoms with Gasteiger partial charge in [-0.05, 0) is 112 Å². The molecule has 2 saturated heterocycles. The summed E-state index contributed by atoms with van der Waals surface area (Å²) >= 11 is 0. The number of fused-ring (bicyclic) bond motifs is 6. The second-order valence-corrected chi connectivity index (χ2v) is 12.8. The van der Waals surface area contributed by atoms with Gasteiger partial charge in [0.15, 0.2) is 0 Å². The van der Waals surface area contributed by atoms with Gasteiger partial charge in [0, 0.05) is 46.4 Å².